The normalized spacial score (nSPS) is 22.7. The molecule has 1 saturated heterocycles. The van der Waals surface area contributed by atoms with E-state index in [4.69, 9.17) is 23.7 Å². The van der Waals surface area contributed by atoms with E-state index in [1.54, 1.807) is 0 Å². The lowest BCUT2D eigenvalue weighted by atomic mass is 9.98. The zero-order chi connectivity index (χ0) is 27.4. The van der Waals surface area contributed by atoms with Crippen molar-refractivity contribution >= 4 is 0 Å². The van der Waals surface area contributed by atoms with Gasteiger partial charge in [0, 0.05) is 0 Å². The van der Waals surface area contributed by atoms with Crippen molar-refractivity contribution in [3.8, 4) is 0 Å². The van der Waals surface area contributed by atoms with Crippen LogP contribution in [0.25, 0.3) is 0 Å². The van der Waals surface area contributed by atoms with Gasteiger partial charge in [-0.2, -0.15) is 0 Å². The fourth-order valence-electron chi connectivity index (χ4n) is 4.77. The summed E-state index contributed by atoms with van der Waals surface area (Å²) < 4.78 is 31.4. The average Bonchev–Trinajstić information content (AvgIpc) is 3.01. The minimum Gasteiger partial charge on any atom is -0.374 e. The maximum absolute atomic E-state index is 11.2. The van der Waals surface area contributed by atoms with Crippen molar-refractivity contribution in [2.24, 2.45) is 0 Å². The molecule has 1 fully saturated rings. The predicted molar refractivity (Wildman–Crippen MR) is 152 cm³/mol. The van der Waals surface area contributed by atoms with Gasteiger partial charge in [0.05, 0.1) is 33.0 Å². The summed E-state index contributed by atoms with van der Waals surface area (Å²) in [6, 6.07) is 39.7. The smallest absolute Gasteiger partial charge is 0.184 e. The Labute approximate surface area is 236 Å². The number of aliphatic hydroxyl groups excluding tert-OH is 1. The van der Waals surface area contributed by atoms with Crippen LogP contribution in [-0.2, 0) is 50.1 Å². The van der Waals surface area contributed by atoms with Crippen LogP contribution < -0.4 is 0 Å². The van der Waals surface area contributed by atoms with E-state index in [9.17, 15) is 5.11 Å². The molecule has 40 heavy (non-hydrogen) atoms. The molecule has 6 nitrogen and oxygen atoms in total. The van der Waals surface area contributed by atoms with Gasteiger partial charge in [0.15, 0.2) is 6.29 Å². The molecule has 0 aliphatic carbocycles. The molecule has 0 amide bonds. The van der Waals surface area contributed by atoms with Gasteiger partial charge in [-0.1, -0.05) is 121 Å². The van der Waals surface area contributed by atoms with Crippen LogP contribution in [0, 0.1) is 0 Å². The highest BCUT2D eigenvalue weighted by molar-refractivity contribution is 5.16. The van der Waals surface area contributed by atoms with E-state index in [1.165, 1.54) is 0 Å². The Hall–Kier alpha value is -3.36. The van der Waals surface area contributed by atoms with Crippen LogP contribution in [0.15, 0.2) is 121 Å². The number of hydrogen-bond donors (Lipinski definition) is 1. The van der Waals surface area contributed by atoms with Crippen LogP contribution in [0.5, 0.6) is 0 Å². The standard InChI is InChI=1S/C34H36O6/c35-34-33(39-24-29-19-11-4-12-20-29)32(38-23-28-17-9-3-10-18-28)31(37-22-27-15-7-2-8-16-27)30(40-34)25-36-21-26-13-5-1-6-14-26/h1-20,30-35H,21-25H2/t30-,31+,32+,33-,34?/m0/s1. The fraction of sp³-hybridized carbons (Fsp3) is 0.294. The molecule has 208 valence electrons. The third-order valence-corrected chi connectivity index (χ3v) is 6.86. The first-order valence-corrected chi connectivity index (χ1v) is 13.7. The molecule has 4 aromatic rings. The van der Waals surface area contributed by atoms with Gasteiger partial charge < -0.3 is 28.8 Å². The van der Waals surface area contributed by atoms with E-state index in [0.717, 1.165) is 22.3 Å². The quantitative estimate of drug-likeness (QED) is 0.236. The molecule has 0 aromatic heterocycles. The zero-order valence-electron chi connectivity index (χ0n) is 22.5. The Morgan fingerprint density at radius 2 is 0.850 bits per heavy atom. The molecule has 1 unspecified atom stereocenters. The maximum atomic E-state index is 11.2. The lowest BCUT2D eigenvalue weighted by Gasteiger charge is -2.44. The third-order valence-electron chi connectivity index (χ3n) is 6.86. The van der Waals surface area contributed by atoms with E-state index in [-0.39, 0.29) is 6.61 Å². The van der Waals surface area contributed by atoms with Gasteiger partial charge in [-0.25, -0.2) is 0 Å². The lowest BCUT2D eigenvalue weighted by molar-refractivity contribution is -0.317. The molecular weight excluding hydrogens is 504 g/mol. The van der Waals surface area contributed by atoms with Crippen LogP contribution in [0.1, 0.15) is 22.3 Å². The van der Waals surface area contributed by atoms with Gasteiger partial charge in [-0.3, -0.25) is 0 Å². The average molecular weight is 541 g/mol. The summed E-state index contributed by atoms with van der Waals surface area (Å²) >= 11 is 0. The van der Waals surface area contributed by atoms with E-state index in [2.05, 4.69) is 0 Å². The Balaban J connectivity index is 1.36. The Bertz CT molecular complexity index is 1240. The summed E-state index contributed by atoms with van der Waals surface area (Å²) in [6.07, 6.45) is -3.72. The van der Waals surface area contributed by atoms with Crippen molar-refractivity contribution in [2.45, 2.75) is 57.1 Å². The van der Waals surface area contributed by atoms with Gasteiger partial charge in [0.2, 0.25) is 0 Å². The largest absolute Gasteiger partial charge is 0.374 e. The predicted octanol–water partition coefficient (Wildman–Crippen LogP) is 5.68. The van der Waals surface area contributed by atoms with Crippen LogP contribution in [-0.4, -0.2) is 42.4 Å². The fourth-order valence-corrected chi connectivity index (χ4v) is 4.77. The molecule has 0 saturated carbocycles. The molecule has 0 bridgehead atoms. The highest BCUT2D eigenvalue weighted by Crippen LogP contribution is 2.30. The van der Waals surface area contributed by atoms with Crippen LogP contribution in [0.3, 0.4) is 0 Å². The minimum absolute atomic E-state index is 0.224. The second-order valence-corrected chi connectivity index (χ2v) is 9.85. The lowest BCUT2D eigenvalue weighted by Crippen LogP contribution is -2.61. The monoisotopic (exact) mass is 540 g/mol. The van der Waals surface area contributed by atoms with Crippen molar-refractivity contribution in [2.75, 3.05) is 6.61 Å². The third kappa shape index (κ3) is 8.08. The molecule has 1 aliphatic rings. The first kappa shape index (κ1) is 28.2. The second-order valence-electron chi connectivity index (χ2n) is 9.85. The minimum atomic E-state index is -1.22. The van der Waals surface area contributed by atoms with E-state index in [0.29, 0.717) is 26.4 Å². The highest BCUT2D eigenvalue weighted by atomic mass is 16.7. The maximum Gasteiger partial charge on any atom is 0.184 e. The topological polar surface area (TPSA) is 66.4 Å². The molecule has 0 spiro atoms. The van der Waals surface area contributed by atoms with Crippen molar-refractivity contribution < 1.29 is 28.8 Å². The van der Waals surface area contributed by atoms with E-state index < -0.39 is 30.7 Å². The van der Waals surface area contributed by atoms with E-state index in [1.807, 2.05) is 121 Å². The molecule has 0 radical (unpaired) electrons. The van der Waals surface area contributed by atoms with Gasteiger partial charge in [-0.15, -0.1) is 0 Å². The molecule has 6 heteroatoms. The zero-order valence-corrected chi connectivity index (χ0v) is 22.5. The molecule has 5 rings (SSSR count). The Morgan fingerprint density at radius 3 is 1.30 bits per heavy atom. The van der Waals surface area contributed by atoms with Gasteiger partial charge in [0.1, 0.15) is 24.4 Å². The van der Waals surface area contributed by atoms with E-state index >= 15 is 0 Å². The summed E-state index contributed by atoms with van der Waals surface area (Å²) in [5.74, 6) is 0. The molecule has 4 aromatic carbocycles. The van der Waals surface area contributed by atoms with Crippen molar-refractivity contribution in [1.82, 2.24) is 0 Å². The molecule has 1 aliphatic heterocycles. The summed E-state index contributed by atoms with van der Waals surface area (Å²) in [6.45, 7) is 1.65. The number of rotatable bonds is 13. The summed E-state index contributed by atoms with van der Waals surface area (Å²) in [5.41, 5.74) is 4.10. The molecule has 1 N–H and O–H groups in total. The molecule has 1 heterocycles. The first-order valence-electron chi connectivity index (χ1n) is 13.7. The summed E-state index contributed by atoms with van der Waals surface area (Å²) in [5, 5.41) is 11.2. The van der Waals surface area contributed by atoms with Crippen LogP contribution in [0.4, 0.5) is 0 Å². The van der Waals surface area contributed by atoms with Crippen molar-refractivity contribution in [3.05, 3.63) is 144 Å². The number of ether oxygens (including phenoxy) is 5. The number of benzene rings is 4. The summed E-state index contributed by atoms with van der Waals surface area (Å²) in [4.78, 5) is 0. The Morgan fingerprint density at radius 1 is 0.475 bits per heavy atom. The SMILES string of the molecule is OC1O[C@@H](COCc2ccccc2)[C@@H](OCc2ccccc2)[C@@H](OCc2ccccc2)[C@@H]1OCc1ccccc1. The second kappa shape index (κ2) is 14.9. The van der Waals surface area contributed by atoms with Gasteiger partial charge in [-0.05, 0) is 22.3 Å². The highest BCUT2D eigenvalue weighted by Gasteiger charge is 2.48. The molecule has 5 atom stereocenters. The van der Waals surface area contributed by atoms with Crippen LogP contribution in [0.2, 0.25) is 0 Å². The summed E-state index contributed by atoms with van der Waals surface area (Å²) in [7, 11) is 0. The molecular formula is C34H36O6. The van der Waals surface area contributed by atoms with Crippen molar-refractivity contribution in [3.63, 3.8) is 0 Å². The van der Waals surface area contributed by atoms with Crippen LogP contribution >= 0.6 is 0 Å². The number of hydrogen-bond acceptors (Lipinski definition) is 6. The first-order chi connectivity index (χ1) is 19.8. The van der Waals surface area contributed by atoms with Gasteiger partial charge >= 0.3 is 0 Å². The number of aliphatic hydroxyl groups is 1. The van der Waals surface area contributed by atoms with Crippen molar-refractivity contribution in [1.29, 1.82) is 0 Å². The Kier molecular flexibility index (Phi) is 10.5. The van der Waals surface area contributed by atoms with Gasteiger partial charge in [0.25, 0.3) is 0 Å².